The number of rotatable bonds is 3. The summed E-state index contributed by atoms with van der Waals surface area (Å²) in [6.07, 6.45) is -3.76. The topological polar surface area (TPSA) is 48.0 Å². The molecule has 0 fully saturated rings. The van der Waals surface area contributed by atoms with Crippen LogP contribution in [0.1, 0.15) is 31.0 Å². The highest BCUT2D eigenvalue weighted by atomic mass is 19.4. The summed E-state index contributed by atoms with van der Waals surface area (Å²) in [5, 5.41) is 0. The van der Waals surface area contributed by atoms with Gasteiger partial charge in [0.15, 0.2) is 0 Å². The van der Waals surface area contributed by atoms with Crippen molar-refractivity contribution in [3.63, 3.8) is 0 Å². The predicted molar refractivity (Wildman–Crippen MR) is 102 cm³/mol. The van der Waals surface area contributed by atoms with E-state index in [4.69, 9.17) is 9.47 Å². The van der Waals surface area contributed by atoms with Gasteiger partial charge >= 0.3 is 6.36 Å². The molecule has 1 unspecified atom stereocenters. The molecule has 158 valence electrons. The lowest BCUT2D eigenvalue weighted by atomic mass is 9.92. The number of halogens is 3. The van der Waals surface area contributed by atoms with E-state index >= 15 is 0 Å². The van der Waals surface area contributed by atoms with Crippen molar-refractivity contribution < 1.29 is 32.2 Å². The lowest BCUT2D eigenvalue weighted by Gasteiger charge is -2.35. The smallest absolute Gasteiger partial charge is 0.497 e. The highest BCUT2D eigenvalue weighted by Crippen LogP contribution is 2.39. The van der Waals surface area contributed by atoms with Gasteiger partial charge in [-0.15, -0.1) is 13.2 Å². The van der Waals surface area contributed by atoms with Gasteiger partial charge in [0.2, 0.25) is 5.91 Å². The van der Waals surface area contributed by atoms with Crippen molar-refractivity contribution in [3.8, 4) is 17.2 Å². The normalized spacial score (nSPS) is 15.6. The van der Waals surface area contributed by atoms with Crippen LogP contribution in [-0.2, 0) is 11.2 Å². The number of hydrogen-bond donors (Lipinski definition) is 0. The number of hydrogen-bond acceptors (Lipinski definition) is 4. The number of fused-ring (bicyclic) bond motifs is 1. The van der Waals surface area contributed by atoms with Crippen molar-refractivity contribution >= 4 is 5.91 Å². The monoisotopic (exact) mass is 411 g/mol. The summed E-state index contributed by atoms with van der Waals surface area (Å²) in [7, 11) is 3.30. The van der Waals surface area contributed by atoms with Gasteiger partial charge in [0.1, 0.15) is 17.2 Å². The molecule has 1 heterocycles. The summed E-state index contributed by atoms with van der Waals surface area (Å²) in [5.41, 5.74) is 2.30. The van der Waals surface area contributed by atoms with Crippen LogP contribution in [0.2, 0.25) is 0 Å². The van der Waals surface area contributed by atoms with Crippen LogP contribution in [0.15, 0.2) is 42.5 Å². The number of benzene rings is 2. The standard InChI is InChI=1S/C14H19NO3.C7H5F3O/c1-9-14-11(5-6-15(9)10(2)16)7-12(17-3)8-13(14)18-4;8-7(9,10)11-6-4-2-1-3-5-6/h7-9H,5-6H2,1-4H3;1-5H. The Morgan fingerprint density at radius 1 is 1.07 bits per heavy atom. The highest BCUT2D eigenvalue weighted by molar-refractivity contribution is 5.74. The van der Waals surface area contributed by atoms with Gasteiger partial charge in [-0.3, -0.25) is 4.79 Å². The molecular formula is C21H24F3NO4. The van der Waals surface area contributed by atoms with Crippen LogP contribution in [0.5, 0.6) is 17.2 Å². The first-order valence-electron chi connectivity index (χ1n) is 8.99. The molecule has 2 aromatic carbocycles. The summed E-state index contributed by atoms with van der Waals surface area (Å²) < 4.78 is 48.9. The molecule has 29 heavy (non-hydrogen) atoms. The molecule has 1 aliphatic rings. The van der Waals surface area contributed by atoms with Crippen LogP contribution in [0.3, 0.4) is 0 Å². The summed E-state index contributed by atoms with van der Waals surface area (Å²) >= 11 is 0. The van der Waals surface area contributed by atoms with Crippen LogP contribution in [0.4, 0.5) is 13.2 Å². The molecule has 2 aromatic rings. The van der Waals surface area contributed by atoms with Crippen molar-refractivity contribution in [3.05, 3.63) is 53.6 Å². The van der Waals surface area contributed by atoms with Gasteiger partial charge in [-0.25, -0.2) is 0 Å². The van der Waals surface area contributed by atoms with Crippen molar-refractivity contribution in [2.75, 3.05) is 20.8 Å². The molecule has 0 aromatic heterocycles. The summed E-state index contributed by atoms with van der Waals surface area (Å²) in [6.45, 7) is 4.39. The second kappa shape index (κ2) is 9.54. The molecule has 5 nitrogen and oxygen atoms in total. The largest absolute Gasteiger partial charge is 0.573 e. The number of amides is 1. The lowest BCUT2D eigenvalue weighted by Crippen LogP contribution is -2.37. The molecule has 0 aliphatic carbocycles. The van der Waals surface area contributed by atoms with Gasteiger partial charge in [-0.05, 0) is 37.1 Å². The minimum atomic E-state index is -4.60. The van der Waals surface area contributed by atoms with E-state index in [2.05, 4.69) is 4.74 Å². The van der Waals surface area contributed by atoms with Crippen LogP contribution >= 0.6 is 0 Å². The Morgan fingerprint density at radius 3 is 2.24 bits per heavy atom. The van der Waals surface area contributed by atoms with Crippen molar-refractivity contribution in [2.24, 2.45) is 0 Å². The number of nitrogens with zero attached hydrogens (tertiary/aromatic N) is 1. The number of alkyl halides is 3. The molecule has 0 N–H and O–H groups in total. The maximum atomic E-state index is 11.6. The molecule has 8 heteroatoms. The molecule has 1 amide bonds. The van der Waals surface area contributed by atoms with E-state index in [0.717, 1.165) is 30.0 Å². The van der Waals surface area contributed by atoms with Gasteiger partial charge in [0.25, 0.3) is 0 Å². The molecule has 0 bridgehead atoms. The second-order valence-electron chi connectivity index (χ2n) is 6.40. The quantitative estimate of drug-likeness (QED) is 0.731. The predicted octanol–water partition coefficient (Wildman–Crippen LogP) is 4.75. The molecule has 3 rings (SSSR count). The molecule has 1 atom stereocenters. The third-order valence-corrected chi connectivity index (χ3v) is 4.55. The summed E-state index contributed by atoms with van der Waals surface area (Å²) in [5.74, 6) is 1.50. The minimum Gasteiger partial charge on any atom is -0.497 e. The van der Waals surface area contributed by atoms with Crippen LogP contribution in [0.25, 0.3) is 0 Å². The lowest BCUT2D eigenvalue weighted by molar-refractivity contribution is -0.274. The summed E-state index contributed by atoms with van der Waals surface area (Å²) in [6, 6.07) is 11.0. The zero-order valence-electron chi connectivity index (χ0n) is 16.7. The summed E-state index contributed by atoms with van der Waals surface area (Å²) in [4.78, 5) is 13.5. The van der Waals surface area contributed by atoms with E-state index in [1.807, 2.05) is 24.0 Å². The van der Waals surface area contributed by atoms with E-state index in [0.29, 0.717) is 0 Å². The maximum absolute atomic E-state index is 11.6. The van der Waals surface area contributed by atoms with Crippen molar-refractivity contribution in [1.29, 1.82) is 0 Å². The van der Waals surface area contributed by atoms with E-state index in [9.17, 15) is 18.0 Å². The first-order valence-corrected chi connectivity index (χ1v) is 8.99. The maximum Gasteiger partial charge on any atom is 0.573 e. The average Bonchev–Trinajstić information content (AvgIpc) is 2.67. The van der Waals surface area contributed by atoms with Gasteiger partial charge in [-0.2, -0.15) is 0 Å². The van der Waals surface area contributed by atoms with Gasteiger partial charge < -0.3 is 19.1 Å². The Morgan fingerprint density at radius 2 is 1.72 bits per heavy atom. The number of carbonyl (C=O) groups is 1. The second-order valence-corrected chi connectivity index (χ2v) is 6.40. The molecule has 0 saturated heterocycles. The fraction of sp³-hybridized carbons (Fsp3) is 0.381. The SMILES string of the molecule is COc1cc2c(c(OC)c1)C(C)N(C(C)=O)CC2.FC(F)(F)Oc1ccccc1. The third kappa shape index (κ3) is 6.04. The first kappa shape index (κ1) is 22.4. The molecule has 0 radical (unpaired) electrons. The third-order valence-electron chi connectivity index (χ3n) is 4.55. The fourth-order valence-corrected chi connectivity index (χ4v) is 3.27. The van der Waals surface area contributed by atoms with Crippen molar-refractivity contribution in [2.45, 2.75) is 32.7 Å². The Labute approximate surface area is 168 Å². The van der Waals surface area contributed by atoms with Crippen LogP contribution in [-0.4, -0.2) is 37.9 Å². The van der Waals surface area contributed by atoms with Crippen LogP contribution < -0.4 is 14.2 Å². The molecule has 0 spiro atoms. The van der Waals surface area contributed by atoms with E-state index < -0.39 is 6.36 Å². The minimum absolute atomic E-state index is 0.0482. The zero-order valence-corrected chi connectivity index (χ0v) is 16.7. The zero-order chi connectivity index (χ0) is 21.6. The van der Waals surface area contributed by atoms with E-state index in [-0.39, 0.29) is 17.7 Å². The number of carbonyl (C=O) groups excluding carboxylic acids is 1. The average molecular weight is 411 g/mol. The highest BCUT2D eigenvalue weighted by Gasteiger charge is 2.31. The van der Waals surface area contributed by atoms with E-state index in [1.165, 1.54) is 29.8 Å². The first-order chi connectivity index (χ1) is 13.7. The van der Waals surface area contributed by atoms with Gasteiger partial charge in [0.05, 0.1) is 20.3 Å². The molecule has 0 saturated carbocycles. The Balaban J connectivity index is 0.000000234. The van der Waals surface area contributed by atoms with Gasteiger partial charge in [0, 0.05) is 25.1 Å². The van der Waals surface area contributed by atoms with Gasteiger partial charge in [-0.1, -0.05) is 18.2 Å². The Hall–Kier alpha value is -2.90. The molecule has 1 aliphatic heterocycles. The molecular weight excluding hydrogens is 387 g/mol. The number of ether oxygens (including phenoxy) is 3. The number of methoxy groups -OCH3 is 2. The van der Waals surface area contributed by atoms with Crippen molar-refractivity contribution in [1.82, 2.24) is 4.90 Å². The Bertz CT molecular complexity index is 807. The number of para-hydroxylation sites is 1. The Kier molecular flexibility index (Phi) is 7.36. The van der Waals surface area contributed by atoms with Crippen LogP contribution in [0, 0.1) is 0 Å². The fourth-order valence-electron chi connectivity index (χ4n) is 3.27. The van der Waals surface area contributed by atoms with E-state index in [1.54, 1.807) is 27.2 Å².